The van der Waals surface area contributed by atoms with Crippen molar-refractivity contribution >= 4 is 5.91 Å². The molecule has 0 spiro atoms. The third-order valence-electron chi connectivity index (χ3n) is 7.61. The Kier molecular flexibility index (Phi) is 8.79. The van der Waals surface area contributed by atoms with Crippen molar-refractivity contribution in [2.75, 3.05) is 26.7 Å². The molecule has 3 rings (SSSR count). The number of hydrogen-bond acceptors (Lipinski definition) is 4. The number of carbonyl (C=O) groups excluding carboxylic acids is 1. The summed E-state index contributed by atoms with van der Waals surface area (Å²) >= 11 is 0. The molecule has 1 aliphatic heterocycles. The Morgan fingerprint density at radius 1 is 1.26 bits per heavy atom. The number of nitrogens with zero attached hydrogens (tertiary/aromatic N) is 1. The van der Waals surface area contributed by atoms with Crippen LogP contribution in [0.2, 0.25) is 0 Å². The predicted molar refractivity (Wildman–Crippen MR) is 125 cm³/mol. The lowest BCUT2D eigenvalue weighted by Gasteiger charge is -2.52. The van der Waals surface area contributed by atoms with Crippen molar-refractivity contribution < 1.29 is 14.6 Å². The predicted octanol–water partition coefficient (Wildman–Crippen LogP) is 4.70. The fourth-order valence-electron chi connectivity index (χ4n) is 5.61. The topological polar surface area (TPSA) is 61.8 Å². The molecule has 4 unspecified atom stereocenters. The van der Waals surface area contributed by atoms with Crippen molar-refractivity contribution in [3.8, 4) is 5.75 Å². The average Bonchev–Trinajstić information content (AvgIpc) is 2.79. The molecular weight excluding hydrogens is 388 g/mol. The first-order chi connectivity index (χ1) is 15.0. The summed E-state index contributed by atoms with van der Waals surface area (Å²) in [5, 5.41) is 14.6. The molecule has 2 aliphatic rings. The van der Waals surface area contributed by atoms with E-state index in [0.717, 1.165) is 57.4 Å². The maximum atomic E-state index is 12.9. The van der Waals surface area contributed by atoms with Crippen molar-refractivity contribution in [1.82, 2.24) is 10.2 Å². The highest BCUT2D eigenvalue weighted by atomic mass is 16.5. The second-order valence-corrected chi connectivity index (χ2v) is 9.61. The number of benzene rings is 1. The van der Waals surface area contributed by atoms with Gasteiger partial charge in [-0.1, -0.05) is 58.1 Å². The van der Waals surface area contributed by atoms with Crippen molar-refractivity contribution in [3.05, 3.63) is 29.8 Å². The van der Waals surface area contributed by atoms with Gasteiger partial charge in [0.05, 0.1) is 19.3 Å². The van der Waals surface area contributed by atoms with E-state index in [1.807, 2.05) is 12.1 Å². The van der Waals surface area contributed by atoms with Crippen LogP contribution in [0.1, 0.15) is 83.2 Å². The van der Waals surface area contributed by atoms with Crippen molar-refractivity contribution in [2.45, 2.75) is 83.3 Å². The minimum Gasteiger partial charge on any atom is -0.497 e. The molecule has 5 nitrogen and oxygen atoms in total. The normalized spacial score (nSPS) is 27.4. The Labute approximate surface area is 188 Å². The zero-order valence-corrected chi connectivity index (χ0v) is 19.7. The Bertz CT molecular complexity index is 692. The zero-order valence-electron chi connectivity index (χ0n) is 19.7. The summed E-state index contributed by atoms with van der Waals surface area (Å²) in [6.07, 6.45) is 9.60. The van der Waals surface area contributed by atoms with E-state index in [4.69, 9.17) is 4.74 Å². The summed E-state index contributed by atoms with van der Waals surface area (Å²) in [6, 6.07) is 8.25. The van der Waals surface area contributed by atoms with Crippen LogP contribution in [0.15, 0.2) is 24.3 Å². The molecule has 1 saturated carbocycles. The van der Waals surface area contributed by atoms with Crippen LogP contribution in [0, 0.1) is 11.8 Å². The van der Waals surface area contributed by atoms with Gasteiger partial charge in [0.1, 0.15) is 5.75 Å². The average molecular weight is 431 g/mol. The largest absolute Gasteiger partial charge is 0.497 e. The first-order valence-electron chi connectivity index (χ1n) is 12.4. The molecule has 1 amide bonds. The minimum atomic E-state index is -0.608. The van der Waals surface area contributed by atoms with E-state index in [2.05, 4.69) is 36.2 Å². The summed E-state index contributed by atoms with van der Waals surface area (Å²) in [7, 11) is 1.68. The fraction of sp³-hybridized carbons (Fsp3) is 0.731. The van der Waals surface area contributed by atoms with E-state index < -0.39 is 5.60 Å². The number of hydrogen-bond donors (Lipinski definition) is 2. The number of amides is 1. The van der Waals surface area contributed by atoms with E-state index in [-0.39, 0.29) is 17.9 Å². The molecule has 0 bridgehead atoms. The quantitative estimate of drug-likeness (QED) is 0.565. The van der Waals surface area contributed by atoms with Crippen LogP contribution in [-0.2, 0) is 4.79 Å². The monoisotopic (exact) mass is 430 g/mol. The minimum absolute atomic E-state index is 0.0674. The molecule has 0 radical (unpaired) electrons. The van der Waals surface area contributed by atoms with E-state index in [1.54, 1.807) is 7.11 Å². The second kappa shape index (κ2) is 11.3. The molecule has 1 saturated heterocycles. The van der Waals surface area contributed by atoms with Crippen LogP contribution < -0.4 is 10.1 Å². The van der Waals surface area contributed by atoms with Gasteiger partial charge in [0.15, 0.2) is 0 Å². The van der Waals surface area contributed by atoms with Gasteiger partial charge in [-0.2, -0.15) is 0 Å². The molecule has 1 heterocycles. The molecule has 2 N–H and O–H groups in total. The van der Waals surface area contributed by atoms with E-state index in [1.165, 1.54) is 24.8 Å². The van der Waals surface area contributed by atoms with Gasteiger partial charge in [-0.05, 0) is 49.3 Å². The van der Waals surface area contributed by atoms with Gasteiger partial charge in [-0.15, -0.1) is 0 Å². The van der Waals surface area contributed by atoms with Gasteiger partial charge in [-0.3, -0.25) is 9.69 Å². The molecule has 1 aromatic carbocycles. The number of ether oxygens (including phenoxy) is 1. The van der Waals surface area contributed by atoms with Crippen LogP contribution in [-0.4, -0.2) is 48.3 Å². The number of unbranched alkanes of at least 4 members (excludes halogenated alkanes) is 1. The van der Waals surface area contributed by atoms with Crippen LogP contribution in [0.3, 0.4) is 0 Å². The Morgan fingerprint density at radius 2 is 2.03 bits per heavy atom. The van der Waals surface area contributed by atoms with Gasteiger partial charge >= 0.3 is 0 Å². The SMILES string of the molecule is CCCCC(CC)CNC(=O)CN1CCC2(O)CCCCC2C1c1ccc(OC)cc1. The molecule has 5 heteroatoms. The van der Waals surface area contributed by atoms with Gasteiger partial charge in [0, 0.05) is 25.0 Å². The standard InChI is InChI=1S/C26H42N2O3/c1-4-6-9-20(5-2)18-27-24(29)19-28-17-16-26(30)15-8-7-10-23(26)25(28)21-11-13-22(31-3)14-12-21/h11-14,20,23,25,30H,4-10,15-19H2,1-3H3,(H,27,29). The van der Waals surface area contributed by atoms with E-state index >= 15 is 0 Å². The summed E-state index contributed by atoms with van der Waals surface area (Å²) in [6.45, 7) is 6.34. The lowest BCUT2D eigenvalue weighted by Crippen LogP contribution is -2.56. The van der Waals surface area contributed by atoms with Crippen LogP contribution in [0.4, 0.5) is 0 Å². The van der Waals surface area contributed by atoms with Crippen molar-refractivity contribution in [3.63, 3.8) is 0 Å². The molecule has 0 aromatic heterocycles. The highest BCUT2D eigenvalue weighted by Gasteiger charge is 2.49. The van der Waals surface area contributed by atoms with Gasteiger partial charge < -0.3 is 15.2 Å². The number of nitrogens with one attached hydrogen (secondary N) is 1. The van der Waals surface area contributed by atoms with E-state index in [9.17, 15) is 9.90 Å². The van der Waals surface area contributed by atoms with Crippen molar-refractivity contribution in [1.29, 1.82) is 0 Å². The van der Waals surface area contributed by atoms with Crippen LogP contribution in [0.25, 0.3) is 0 Å². The smallest absolute Gasteiger partial charge is 0.234 e. The fourth-order valence-corrected chi connectivity index (χ4v) is 5.61. The van der Waals surface area contributed by atoms with Gasteiger partial charge in [0.25, 0.3) is 0 Å². The summed E-state index contributed by atoms with van der Waals surface area (Å²) in [4.78, 5) is 15.2. The number of aliphatic hydroxyl groups is 1. The van der Waals surface area contributed by atoms with E-state index in [0.29, 0.717) is 12.5 Å². The number of likely N-dealkylation sites (tertiary alicyclic amines) is 1. The van der Waals surface area contributed by atoms with Gasteiger partial charge in [0.2, 0.25) is 5.91 Å². The Hall–Kier alpha value is -1.59. The first kappa shape index (κ1) is 24.1. The Balaban J connectivity index is 1.71. The number of rotatable bonds is 10. The molecular formula is C26H42N2O3. The number of fused-ring (bicyclic) bond motifs is 1. The molecule has 1 aromatic rings. The summed E-state index contributed by atoms with van der Waals surface area (Å²) in [5.41, 5.74) is 0.566. The first-order valence-corrected chi connectivity index (χ1v) is 12.4. The number of carbonyl (C=O) groups is 1. The molecule has 31 heavy (non-hydrogen) atoms. The number of piperidine rings is 1. The third kappa shape index (κ3) is 6.01. The highest BCUT2D eigenvalue weighted by Crippen LogP contribution is 2.49. The maximum Gasteiger partial charge on any atom is 0.234 e. The molecule has 1 aliphatic carbocycles. The number of methoxy groups -OCH3 is 1. The van der Waals surface area contributed by atoms with Crippen LogP contribution >= 0.6 is 0 Å². The lowest BCUT2D eigenvalue weighted by atomic mass is 9.66. The Morgan fingerprint density at radius 3 is 2.71 bits per heavy atom. The lowest BCUT2D eigenvalue weighted by molar-refractivity contribution is -0.138. The summed E-state index contributed by atoms with van der Waals surface area (Å²) < 4.78 is 5.34. The van der Waals surface area contributed by atoms with Crippen molar-refractivity contribution in [2.24, 2.45) is 11.8 Å². The zero-order chi connectivity index (χ0) is 22.3. The highest BCUT2D eigenvalue weighted by molar-refractivity contribution is 5.78. The molecule has 174 valence electrons. The second-order valence-electron chi connectivity index (χ2n) is 9.61. The molecule has 4 atom stereocenters. The van der Waals surface area contributed by atoms with Crippen LogP contribution in [0.5, 0.6) is 5.75 Å². The summed E-state index contributed by atoms with van der Waals surface area (Å²) in [5.74, 6) is 1.67. The maximum absolute atomic E-state index is 12.9. The van der Waals surface area contributed by atoms with Gasteiger partial charge in [-0.25, -0.2) is 0 Å². The molecule has 2 fully saturated rings. The third-order valence-corrected chi connectivity index (χ3v) is 7.61.